The molecule has 4 rings (SSSR count). The summed E-state index contributed by atoms with van der Waals surface area (Å²) in [6.07, 6.45) is 3.70. The van der Waals surface area contributed by atoms with Gasteiger partial charge in [-0.25, -0.2) is 13.1 Å². The Morgan fingerprint density at radius 1 is 1.21 bits per heavy atom. The van der Waals surface area contributed by atoms with Crippen molar-refractivity contribution in [3.05, 3.63) is 60.2 Å². The van der Waals surface area contributed by atoms with Gasteiger partial charge in [0.1, 0.15) is 16.4 Å². The third-order valence-corrected chi connectivity index (χ3v) is 6.68. The lowest BCUT2D eigenvalue weighted by molar-refractivity contribution is 0.158. The van der Waals surface area contributed by atoms with Crippen LogP contribution in [0.2, 0.25) is 0 Å². The fourth-order valence-corrected chi connectivity index (χ4v) is 5.14. The van der Waals surface area contributed by atoms with E-state index in [9.17, 15) is 8.42 Å². The lowest BCUT2D eigenvalue weighted by Crippen LogP contribution is -2.40. The molecule has 0 amide bonds. The third kappa shape index (κ3) is 4.27. The zero-order valence-corrected chi connectivity index (χ0v) is 16.8. The first-order valence-corrected chi connectivity index (χ1v) is 11.1. The average Bonchev–Trinajstić information content (AvgIpc) is 3.11. The molecule has 1 atom stereocenters. The van der Waals surface area contributed by atoms with Crippen LogP contribution in [0.25, 0.3) is 10.9 Å². The molecule has 0 bridgehead atoms. The van der Waals surface area contributed by atoms with Crippen molar-refractivity contribution >= 4 is 20.9 Å². The molecule has 0 spiro atoms. The van der Waals surface area contributed by atoms with E-state index in [1.807, 2.05) is 37.3 Å². The summed E-state index contributed by atoms with van der Waals surface area (Å²) in [5, 5.41) is 0.822. The number of hydrogen-bond acceptors (Lipinski definition) is 5. The maximum Gasteiger partial charge on any atom is 0.242 e. The van der Waals surface area contributed by atoms with Crippen molar-refractivity contribution < 1.29 is 12.8 Å². The van der Waals surface area contributed by atoms with Crippen molar-refractivity contribution in [2.75, 3.05) is 19.6 Å². The molecule has 1 fully saturated rings. The van der Waals surface area contributed by atoms with Gasteiger partial charge in [0.25, 0.3) is 0 Å². The van der Waals surface area contributed by atoms with Gasteiger partial charge in [0.2, 0.25) is 10.0 Å². The molecule has 0 saturated carbocycles. The van der Waals surface area contributed by atoms with E-state index in [4.69, 9.17) is 4.42 Å². The van der Waals surface area contributed by atoms with Crippen molar-refractivity contribution in [1.82, 2.24) is 14.6 Å². The largest absolute Gasteiger partial charge is 0.465 e. The van der Waals surface area contributed by atoms with Gasteiger partial charge in [-0.2, -0.15) is 0 Å². The second kappa shape index (κ2) is 8.03. The van der Waals surface area contributed by atoms with Crippen molar-refractivity contribution in [2.24, 2.45) is 5.92 Å². The van der Waals surface area contributed by atoms with Gasteiger partial charge >= 0.3 is 0 Å². The number of pyridine rings is 1. The van der Waals surface area contributed by atoms with E-state index in [1.54, 1.807) is 18.3 Å². The number of likely N-dealkylation sites (tertiary alicyclic amines) is 1. The summed E-state index contributed by atoms with van der Waals surface area (Å²) in [4.78, 5) is 6.84. The highest BCUT2D eigenvalue weighted by Crippen LogP contribution is 2.22. The first-order valence-electron chi connectivity index (χ1n) is 9.62. The number of furan rings is 1. The Balaban J connectivity index is 1.41. The minimum Gasteiger partial charge on any atom is -0.465 e. The van der Waals surface area contributed by atoms with E-state index in [0.717, 1.165) is 49.4 Å². The minimum atomic E-state index is -3.61. The van der Waals surface area contributed by atoms with Crippen LogP contribution in [-0.4, -0.2) is 37.9 Å². The van der Waals surface area contributed by atoms with Gasteiger partial charge in [-0.05, 0) is 56.5 Å². The first-order chi connectivity index (χ1) is 13.5. The van der Waals surface area contributed by atoms with Gasteiger partial charge in [0.05, 0.1) is 12.1 Å². The number of piperidine rings is 1. The molecule has 1 saturated heterocycles. The molecule has 1 aliphatic rings. The van der Waals surface area contributed by atoms with Gasteiger partial charge in [-0.15, -0.1) is 0 Å². The van der Waals surface area contributed by atoms with Crippen molar-refractivity contribution in [2.45, 2.75) is 31.2 Å². The number of aromatic nitrogens is 1. The summed E-state index contributed by atoms with van der Waals surface area (Å²) in [7, 11) is -3.61. The number of sulfonamides is 1. The molecular weight excluding hydrogens is 374 g/mol. The lowest BCUT2D eigenvalue weighted by atomic mass is 9.98. The first kappa shape index (κ1) is 19.1. The number of hydrogen-bond donors (Lipinski definition) is 1. The van der Waals surface area contributed by atoms with Crippen molar-refractivity contribution in [3.8, 4) is 0 Å². The Labute approximate surface area is 165 Å². The quantitative estimate of drug-likeness (QED) is 0.688. The molecule has 0 aliphatic carbocycles. The molecule has 0 unspecified atom stereocenters. The van der Waals surface area contributed by atoms with Crippen LogP contribution in [0.15, 0.2) is 58.0 Å². The minimum absolute atomic E-state index is 0.240. The standard InChI is InChI=1S/C21H25N3O3S/c1-16-9-10-19(27-16)15-24-12-4-5-17(14-24)13-23-28(25,26)20-8-2-6-18-7-3-11-22-21(18)20/h2-3,6-11,17,23H,4-5,12-15H2,1H3/t17-/m0/s1. The normalized spacial score (nSPS) is 18.5. The Bertz CT molecular complexity index is 1060. The highest BCUT2D eigenvalue weighted by molar-refractivity contribution is 7.89. The second-order valence-corrected chi connectivity index (χ2v) is 9.17. The van der Waals surface area contributed by atoms with Crippen LogP contribution in [0.4, 0.5) is 0 Å². The van der Waals surface area contributed by atoms with Crippen molar-refractivity contribution in [1.29, 1.82) is 0 Å². The Morgan fingerprint density at radius 3 is 2.89 bits per heavy atom. The van der Waals surface area contributed by atoms with E-state index in [2.05, 4.69) is 14.6 Å². The Morgan fingerprint density at radius 2 is 2.07 bits per heavy atom. The Kier molecular flexibility index (Phi) is 5.48. The molecule has 0 radical (unpaired) electrons. The number of rotatable bonds is 6. The smallest absolute Gasteiger partial charge is 0.242 e. The molecule has 28 heavy (non-hydrogen) atoms. The molecular formula is C21H25N3O3S. The summed E-state index contributed by atoms with van der Waals surface area (Å²) < 4.78 is 34.3. The zero-order valence-electron chi connectivity index (χ0n) is 16.0. The van der Waals surface area contributed by atoms with E-state index < -0.39 is 10.0 Å². The second-order valence-electron chi connectivity index (χ2n) is 7.44. The van der Waals surface area contributed by atoms with E-state index in [-0.39, 0.29) is 10.8 Å². The summed E-state index contributed by atoms with van der Waals surface area (Å²) in [6, 6.07) is 12.9. The molecule has 3 aromatic rings. The summed E-state index contributed by atoms with van der Waals surface area (Å²) >= 11 is 0. The number of nitrogens with zero attached hydrogens (tertiary/aromatic N) is 2. The SMILES string of the molecule is Cc1ccc(CN2CCC[C@@H](CNS(=O)(=O)c3cccc4cccnc34)C2)o1. The number of nitrogens with one attached hydrogen (secondary N) is 1. The average molecular weight is 400 g/mol. The van der Waals surface area contributed by atoms with Gasteiger partial charge in [-0.1, -0.05) is 18.2 Å². The summed E-state index contributed by atoms with van der Waals surface area (Å²) in [6.45, 7) is 5.01. The molecule has 6 nitrogen and oxygen atoms in total. The zero-order chi connectivity index (χ0) is 19.6. The monoisotopic (exact) mass is 399 g/mol. The fourth-order valence-electron chi connectivity index (χ4n) is 3.85. The van der Waals surface area contributed by atoms with Gasteiger partial charge in [0, 0.05) is 24.7 Å². The summed E-state index contributed by atoms with van der Waals surface area (Å²) in [5.41, 5.74) is 0.510. The van der Waals surface area contributed by atoms with Crippen molar-refractivity contribution in [3.63, 3.8) is 0 Å². The third-order valence-electron chi connectivity index (χ3n) is 5.23. The maximum atomic E-state index is 12.9. The number of para-hydroxylation sites is 1. The number of aryl methyl sites for hydroxylation is 1. The van der Waals surface area contributed by atoms with Crippen LogP contribution in [0.1, 0.15) is 24.4 Å². The number of benzene rings is 1. The molecule has 7 heteroatoms. The molecule has 2 aromatic heterocycles. The maximum absolute atomic E-state index is 12.9. The van der Waals surface area contributed by atoms with Gasteiger partial charge in [-0.3, -0.25) is 9.88 Å². The van der Waals surface area contributed by atoms with Crippen LogP contribution in [0.3, 0.4) is 0 Å². The van der Waals surface area contributed by atoms with E-state index in [1.165, 1.54) is 0 Å². The fraction of sp³-hybridized carbons (Fsp3) is 0.381. The highest BCUT2D eigenvalue weighted by Gasteiger charge is 2.24. The van der Waals surface area contributed by atoms with Crippen LogP contribution in [0.5, 0.6) is 0 Å². The topological polar surface area (TPSA) is 75.4 Å². The van der Waals surface area contributed by atoms with Crippen LogP contribution < -0.4 is 4.72 Å². The molecule has 1 N–H and O–H groups in total. The highest BCUT2D eigenvalue weighted by atomic mass is 32.2. The van der Waals surface area contributed by atoms with Gasteiger partial charge in [0.15, 0.2) is 0 Å². The van der Waals surface area contributed by atoms with E-state index in [0.29, 0.717) is 12.1 Å². The predicted molar refractivity (Wildman–Crippen MR) is 108 cm³/mol. The molecule has 1 aromatic carbocycles. The lowest BCUT2D eigenvalue weighted by Gasteiger charge is -2.32. The van der Waals surface area contributed by atoms with Gasteiger partial charge < -0.3 is 4.42 Å². The molecule has 3 heterocycles. The van der Waals surface area contributed by atoms with Crippen LogP contribution in [-0.2, 0) is 16.6 Å². The Hall–Kier alpha value is -2.22. The molecule has 1 aliphatic heterocycles. The summed E-state index contributed by atoms with van der Waals surface area (Å²) in [5.74, 6) is 2.16. The van der Waals surface area contributed by atoms with Crippen LogP contribution in [0, 0.1) is 12.8 Å². The number of fused-ring (bicyclic) bond motifs is 1. The van der Waals surface area contributed by atoms with E-state index >= 15 is 0 Å². The molecule has 148 valence electrons. The van der Waals surface area contributed by atoms with Crippen LogP contribution >= 0.6 is 0 Å². The predicted octanol–water partition coefficient (Wildman–Crippen LogP) is 3.33.